The summed E-state index contributed by atoms with van der Waals surface area (Å²) in [5, 5.41) is 2.32. The Hall–Kier alpha value is -2.31. The van der Waals surface area contributed by atoms with Gasteiger partial charge in [-0.15, -0.1) is 0 Å². The molecule has 1 fully saturated rings. The molecule has 2 rings (SSSR count). The fourth-order valence-corrected chi connectivity index (χ4v) is 2.46. The number of hydrogen-bond donors (Lipinski definition) is 1. The number of likely N-dealkylation sites (tertiary alicyclic amines) is 1. The number of rotatable bonds is 4. The number of benzene rings is 1. The van der Waals surface area contributed by atoms with Gasteiger partial charge in [0, 0.05) is 25.9 Å². The molecule has 0 saturated carbocycles. The Morgan fingerprint density at radius 3 is 2.58 bits per heavy atom. The van der Waals surface area contributed by atoms with Gasteiger partial charge in [-0.2, -0.15) is 0 Å². The zero-order chi connectivity index (χ0) is 17.7. The SMILES string of the molecule is CC(C)(C)OC(=O)N1CCC(Oc2cccc(F)c2NC=O)CC1. The minimum absolute atomic E-state index is 0.0297. The Labute approximate surface area is 140 Å². The molecule has 1 saturated heterocycles. The third-order valence-corrected chi connectivity index (χ3v) is 3.57. The lowest BCUT2D eigenvalue weighted by Crippen LogP contribution is -2.44. The van der Waals surface area contributed by atoms with E-state index in [0.717, 1.165) is 0 Å². The number of para-hydroxylation sites is 1. The van der Waals surface area contributed by atoms with Crippen LogP contribution in [0.15, 0.2) is 18.2 Å². The fourth-order valence-electron chi connectivity index (χ4n) is 2.46. The average Bonchev–Trinajstić information content (AvgIpc) is 2.50. The van der Waals surface area contributed by atoms with Gasteiger partial charge in [0.1, 0.15) is 23.1 Å². The molecule has 0 atom stereocenters. The second-order valence-corrected chi connectivity index (χ2v) is 6.66. The number of piperidine rings is 1. The maximum absolute atomic E-state index is 13.7. The number of ether oxygens (including phenoxy) is 2. The summed E-state index contributed by atoms with van der Waals surface area (Å²) in [6, 6.07) is 4.38. The molecule has 1 aromatic carbocycles. The number of carbonyl (C=O) groups excluding carboxylic acids is 2. The van der Waals surface area contributed by atoms with Crippen LogP contribution in [0.2, 0.25) is 0 Å². The van der Waals surface area contributed by atoms with E-state index in [1.165, 1.54) is 12.1 Å². The van der Waals surface area contributed by atoms with Crippen molar-refractivity contribution in [3.05, 3.63) is 24.0 Å². The minimum atomic E-state index is -0.550. The molecule has 0 unspecified atom stereocenters. The van der Waals surface area contributed by atoms with Gasteiger partial charge in [0.15, 0.2) is 5.82 Å². The van der Waals surface area contributed by atoms with Crippen LogP contribution in [0.5, 0.6) is 5.75 Å². The number of amides is 2. The van der Waals surface area contributed by atoms with Crippen molar-refractivity contribution in [1.82, 2.24) is 4.90 Å². The van der Waals surface area contributed by atoms with Crippen molar-refractivity contribution in [3.63, 3.8) is 0 Å². The van der Waals surface area contributed by atoms with Gasteiger partial charge in [0.25, 0.3) is 0 Å². The maximum atomic E-state index is 13.7. The highest BCUT2D eigenvalue weighted by Gasteiger charge is 2.28. The van der Waals surface area contributed by atoms with Crippen molar-refractivity contribution in [3.8, 4) is 5.75 Å². The zero-order valence-corrected chi connectivity index (χ0v) is 14.2. The van der Waals surface area contributed by atoms with E-state index >= 15 is 0 Å². The number of anilines is 1. The molecule has 0 bridgehead atoms. The Morgan fingerprint density at radius 1 is 1.33 bits per heavy atom. The highest BCUT2D eigenvalue weighted by atomic mass is 19.1. The molecule has 1 heterocycles. The zero-order valence-electron chi connectivity index (χ0n) is 14.2. The van der Waals surface area contributed by atoms with Crippen LogP contribution >= 0.6 is 0 Å². The number of carbonyl (C=O) groups is 2. The van der Waals surface area contributed by atoms with Crippen molar-refractivity contribution >= 4 is 18.2 Å². The standard InChI is InChI=1S/C17H23FN2O4/c1-17(2,3)24-16(22)20-9-7-12(8-10-20)23-14-6-4-5-13(18)15(14)19-11-21/h4-6,11-12H,7-10H2,1-3H3,(H,19,21). The van der Waals surface area contributed by atoms with Crippen LogP contribution < -0.4 is 10.1 Å². The Morgan fingerprint density at radius 2 is 2.00 bits per heavy atom. The normalized spacial score (nSPS) is 15.8. The van der Waals surface area contributed by atoms with Crippen molar-refractivity contribution in [2.24, 2.45) is 0 Å². The van der Waals surface area contributed by atoms with Crippen molar-refractivity contribution in [2.75, 3.05) is 18.4 Å². The molecule has 0 radical (unpaired) electrons. The van der Waals surface area contributed by atoms with E-state index in [4.69, 9.17) is 9.47 Å². The van der Waals surface area contributed by atoms with Gasteiger partial charge in [-0.05, 0) is 32.9 Å². The molecule has 0 aromatic heterocycles. The summed E-state index contributed by atoms with van der Waals surface area (Å²) in [5.74, 6) is -0.261. The van der Waals surface area contributed by atoms with E-state index in [0.29, 0.717) is 32.3 Å². The Balaban J connectivity index is 1.93. The molecular formula is C17H23FN2O4. The van der Waals surface area contributed by atoms with E-state index in [-0.39, 0.29) is 23.6 Å². The van der Waals surface area contributed by atoms with Gasteiger partial charge in [-0.3, -0.25) is 4.79 Å². The lowest BCUT2D eigenvalue weighted by atomic mass is 10.1. The smallest absolute Gasteiger partial charge is 0.410 e. The molecule has 1 N–H and O–H groups in total. The predicted octanol–water partition coefficient (Wildman–Crippen LogP) is 3.17. The largest absolute Gasteiger partial charge is 0.488 e. The van der Waals surface area contributed by atoms with Gasteiger partial charge in [-0.25, -0.2) is 9.18 Å². The van der Waals surface area contributed by atoms with Crippen molar-refractivity contribution in [2.45, 2.75) is 45.3 Å². The molecule has 1 aliphatic heterocycles. The van der Waals surface area contributed by atoms with E-state index < -0.39 is 11.4 Å². The van der Waals surface area contributed by atoms with Crippen LogP contribution in [0, 0.1) is 5.82 Å². The number of nitrogens with zero attached hydrogens (tertiary/aromatic N) is 1. The van der Waals surface area contributed by atoms with Gasteiger partial charge >= 0.3 is 6.09 Å². The summed E-state index contributed by atoms with van der Waals surface area (Å²) < 4.78 is 24.9. The molecule has 2 amide bonds. The second-order valence-electron chi connectivity index (χ2n) is 6.66. The van der Waals surface area contributed by atoms with Crippen LogP contribution in [-0.4, -0.2) is 42.2 Å². The van der Waals surface area contributed by atoms with Gasteiger partial charge < -0.3 is 19.7 Å². The topological polar surface area (TPSA) is 67.9 Å². The summed E-state index contributed by atoms with van der Waals surface area (Å²) in [6.45, 7) is 6.49. The second kappa shape index (κ2) is 7.51. The first-order chi connectivity index (χ1) is 11.3. The van der Waals surface area contributed by atoms with E-state index in [2.05, 4.69) is 5.32 Å². The maximum Gasteiger partial charge on any atom is 0.410 e. The number of hydrogen-bond acceptors (Lipinski definition) is 4. The first kappa shape index (κ1) is 18.0. The molecule has 0 aliphatic carbocycles. The highest BCUT2D eigenvalue weighted by molar-refractivity contribution is 5.75. The third kappa shape index (κ3) is 4.84. The summed E-state index contributed by atoms with van der Waals surface area (Å²) >= 11 is 0. The molecule has 6 nitrogen and oxygen atoms in total. The lowest BCUT2D eigenvalue weighted by Gasteiger charge is -2.33. The number of nitrogens with one attached hydrogen (secondary N) is 1. The average molecular weight is 338 g/mol. The van der Waals surface area contributed by atoms with Gasteiger partial charge in [0.2, 0.25) is 6.41 Å². The molecular weight excluding hydrogens is 315 g/mol. The van der Waals surface area contributed by atoms with Gasteiger partial charge in [0.05, 0.1) is 0 Å². The van der Waals surface area contributed by atoms with Gasteiger partial charge in [-0.1, -0.05) is 6.07 Å². The minimum Gasteiger partial charge on any atom is -0.488 e. The Bertz CT molecular complexity index is 593. The van der Waals surface area contributed by atoms with E-state index in [1.54, 1.807) is 11.0 Å². The molecule has 1 aliphatic rings. The molecule has 132 valence electrons. The fraction of sp³-hybridized carbons (Fsp3) is 0.529. The molecule has 24 heavy (non-hydrogen) atoms. The van der Waals surface area contributed by atoms with Crippen LogP contribution in [0.4, 0.5) is 14.9 Å². The van der Waals surface area contributed by atoms with Crippen molar-refractivity contribution < 1.29 is 23.5 Å². The van der Waals surface area contributed by atoms with Crippen LogP contribution in [-0.2, 0) is 9.53 Å². The summed E-state index contributed by atoms with van der Waals surface area (Å²) in [5.41, 5.74) is -0.497. The van der Waals surface area contributed by atoms with E-state index in [9.17, 15) is 14.0 Å². The lowest BCUT2D eigenvalue weighted by molar-refractivity contribution is -0.105. The third-order valence-electron chi connectivity index (χ3n) is 3.57. The summed E-state index contributed by atoms with van der Waals surface area (Å²) in [6.07, 6.45) is 1.14. The number of halogens is 1. The highest BCUT2D eigenvalue weighted by Crippen LogP contribution is 2.29. The molecule has 0 spiro atoms. The summed E-state index contributed by atoms with van der Waals surface area (Å²) in [7, 11) is 0. The van der Waals surface area contributed by atoms with E-state index in [1.807, 2.05) is 20.8 Å². The van der Waals surface area contributed by atoms with Crippen LogP contribution in [0.1, 0.15) is 33.6 Å². The summed E-state index contributed by atoms with van der Waals surface area (Å²) in [4.78, 5) is 24.3. The first-order valence-corrected chi connectivity index (χ1v) is 7.93. The molecule has 1 aromatic rings. The predicted molar refractivity (Wildman–Crippen MR) is 87.5 cm³/mol. The molecule has 7 heteroatoms. The monoisotopic (exact) mass is 338 g/mol. The van der Waals surface area contributed by atoms with Crippen LogP contribution in [0.3, 0.4) is 0 Å². The Kier molecular flexibility index (Phi) is 5.64. The quantitative estimate of drug-likeness (QED) is 0.856. The van der Waals surface area contributed by atoms with Crippen molar-refractivity contribution in [1.29, 1.82) is 0 Å². The van der Waals surface area contributed by atoms with Crippen LogP contribution in [0.25, 0.3) is 0 Å². The first-order valence-electron chi connectivity index (χ1n) is 7.93.